The minimum atomic E-state index is -1.01. The van der Waals surface area contributed by atoms with Gasteiger partial charge in [-0.2, -0.15) is 0 Å². The fourth-order valence-corrected chi connectivity index (χ4v) is 5.66. The van der Waals surface area contributed by atoms with Crippen molar-refractivity contribution < 1.29 is 19.6 Å². The Balaban J connectivity index is 1.61. The lowest BCUT2D eigenvalue weighted by atomic mass is 9.94. The van der Waals surface area contributed by atoms with Crippen molar-refractivity contribution >= 4 is 23.1 Å². The number of likely N-dealkylation sites (tertiary alicyclic amines) is 1. The van der Waals surface area contributed by atoms with Crippen LogP contribution in [0.4, 0.5) is 5.69 Å². The zero-order valence-corrected chi connectivity index (χ0v) is 24.8. The standard InChI is InChI=1S/C34H46N2O5/c1-3-4-5-6-7-8-9-10-11-12-13-14-15-18-25-35-31(28-19-16-17-20-29(28)36(40)41)30(33(38)34(35)39)32(37)27-23-21-26(2)22-24-27/h16-17,19-24,31,37H,3-15,18,25H2,1-2H3/b32-30+/t31-/m0/s1. The molecule has 1 atom stereocenters. The van der Waals surface area contributed by atoms with Crippen LogP contribution >= 0.6 is 0 Å². The Morgan fingerprint density at radius 3 is 1.85 bits per heavy atom. The molecule has 41 heavy (non-hydrogen) atoms. The third-order valence-electron chi connectivity index (χ3n) is 8.05. The number of nitro groups is 1. The van der Waals surface area contributed by atoms with Crippen LogP contribution in [0.3, 0.4) is 0 Å². The van der Waals surface area contributed by atoms with E-state index in [1.165, 1.54) is 75.2 Å². The van der Waals surface area contributed by atoms with E-state index in [-0.39, 0.29) is 22.6 Å². The van der Waals surface area contributed by atoms with E-state index >= 15 is 0 Å². The maximum absolute atomic E-state index is 13.2. The summed E-state index contributed by atoms with van der Waals surface area (Å²) >= 11 is 0. The minimum Gasteiger partial charge on any atom is -0.507 e. The molecule has 1 amide bonds. The predicted molar refractivity (Wildman–Crippen MR) is 164 cm³/mol. The van der Waals surface area contributed by atoms with E-state index in [1.807, 2.05) is 6.92 Å². The van der Waals surface area contributed by atoms with E-state index in [0.29, 0.717) is 18.5 Å². The Labute approximate surface area is 244 Å². The van der Waals surface area contributed by atoms with E-state index in [1.54, 1.807) is 42.5 Å². The fraction of sp³-hybridized carbons (Fsp3) is 0.529. The van der Waals surface area contributed by atoms with Gasteiger partial charge in [0.05, 0.1) is 22.1 Å². The topological polar surface area (TPSA) is 101 Å². The van der Waals surface area contributed by atoms with Crippen molar-refractivity contribution in [2.24, 2.45) is 0 Å². The van der Waals surface area contributed by atoms with Crippen LogP contribution in [0.25, 0.3) is 5.76 Å². The van der Waals surface area contributed by atoms with Crippen LogP contribution in [-0.4, -0.2) is 33.2 Å². The summed E-state index contributed by atoms with van der Waals surface area (Å²) in [7, 11) is 0. The highest BCUT2D eigenvalue weighted by atomic mass is 16.6. The Bertz CT molecular complexity index is 1190. The molecule has 7 nitrogen and oxygen atoms in total. The lowest BCUT2D eigenvalue weighted by Crippen LogP contribution is -2.31. The number of ketones is 1. The predicted octanol–water partition coefficient (Wildman–Crippen LogP) is 8.81. The maximum atomic E-state index is 13.2. The number of hydrogen-bond donors (Lipinski definition) is 1. The van der Waals surface area contributed by atoms with Gasteiger partial charge in [-0.05, 0) is 19.4 Å². The molecule has 2 aromatic rings. The van der Waals surface area contributed by atoms with Crippen LogP contribution in [-0.2, 0) is 9.59 Å². The first kappa shape index (κ1) is 32.0. The van der Waals surface area contributed by atoms with Crippen molar-refractivity contribution in [3.05, 3.63) is 80.9 Å². The molecular weight excluding hydrogens is 516 g/mol. The third kappa shape index (κ3) is 9.00. The van der Waals surface area contributed by atoms with Crippen LogP contribution in [0, 0.1) is 17.0 Å². The highest BCUT2D eigenvalue weighted by Gasteiger charge is 2.47. The van der Waals surface area contributed by atoms with Crippen molar-refractivity contribution in [3.63, 3.8) is 0 Å². The quantitative estimate of drug-likeness (QED) is 0.0488. The number of nitro benzene ring substituents is 1. The molecule has 7 heteroatoms. The summed E-state index contributed by atoms with van der Waals surface area (Å²) < 4.78 is 0. The average molecular weight is 563 g/mol. The highest BCUT2D eigenvalue weighted by Crippen LogP contribution is 2.42. The average Bonchev–Trinajstić information content (AvgIpc) is 3.22. The molecule has 0 aliphatic carbocycles. The van der Waals surface area contributed by atoms with Crippen LogP contribution in [0.5, 0.6) is 0 Å². The van der Waals surface area contributed by atoms with Gasteiger partial charge in [0.25, 0.3) is 17.4 Å². The first-order valence-electron chi connectivity index (χ1n) is 15.5. The largest absolute Gasteiger partial charge is 0.507 e. The van der Waals surface area contributed by atoms with Gasteiger partial charge in [-0.15, -0.1) is 0 Å². The fourth-order valence-electron chi connectivity index (χ4n) is 5.66. The Kier molecular flexibility index (Phi) is 13.1. The molecule has 1 aliphatic heterocycles. The molecule has 1 fully saturated rings. The van der Waals surface area contributed by atoms with Crippen molar-refractivity contribution in [1.82, 2.24) is 4.90 Å². The number of carbonyl (C=O) groups is 2. The van der Waals surface area contributed by atoms with Gasteiger partial charge in [0.1, 0.15) is 5.76 Å². The molecule has 1 heterocycles. The first-order valence-corrected chi connectivity index (χ1v) is 15.5. The maximum Gasteiger partial charge on any atom is 0.295 e. The molecule has 0 unspecified atom stereocenters. The van der Waals surface area contributed by atoms with Gasteiger partial charge in [0.2, 0.25) is 0 Å². The zero-order chi connectivity index (χ0) is 29.6. The second-order valence-electron chi connectivity index (χ2n) is 11.3. The number of hydrogen-bond acceptors (Lipinski definition) is 5. The number of unbranched alkanes of at least 4 members (excludes halogenated alkanes) is 13. The number of benzene rings is 2. The molecule has 222 valence electrons. The molecule has 2 aromatic carbocycles. The summed E-state index contributed by atoms with van der Waals surface area (Å²) in [6.07, 6.45) is 16.9. The molecule has 0 bridgehead atoms. The number of Topliss-reactive ketones (excluding diaryl/α,β-unsaturated/α-hetero) is 1. The number of para-hydroxylation sites is 1. The molecule has 1 N–H and O–H groups in total. The van der Waals surface area contributed by atoms with Crippen molar-refractivity contribution in [2.75, 3.05) is 6.54 Å². The molecule has 1 aliphatic rings. The highest BCUT2D eigenvalue weighted by molar-refractivity contribution is 6.46. The van der Waals surface area contributed by atoms with E-state index in [2.05, 4.69) is 6.92 Å². The lowest BCUT2D eigenvalue weighted by Gasteiger charge is -2.25. The van der Waals surface area contributed by atoms with E-state index in [0.717, 1.165) is 24.8 Å². The molecule has 0 radical (unpaired) electrons. The third-order valence-corrected chi connectivity index (χ3v) is 8.05. The van der Waals surface area contributed by atoms with Crippen molar-refractivity contribution in [2.45, 2.75) is 110 Å². The smallest absolute Gasteiger partial charge is 0.295 e. The number of aliphatic hydroxyl groups excluding tert-OH is 1. The van der Waals surface area contributed by atoms with E-state index < -0.39 is 22.7 Å². The number of rotatable bonds is 18. The van der Waals surface area contributed by atoms with Gasteiger partial charge in [-0.3, -0.25) is 19.7 Å². The van der Waals surface area contributed by atoms with Crippen LogP contribution in [0.2, 0.25) is 0 Å². The molecule has 0 saturated carbocycles. The molecular formula is C34H46N2O5. The van der Waals surface area contributed by atoms with Crippen molar-refractivity contribution in [1.29, 1.82) is 0 Å². The Morgan fingerprint density at radius 1 is 0.805 bits per heavy atom. The summed E-state index contributed by atoms with van der Waals surface area (Å²) in [6, 6.07) is 12.1. The zero-order valence-electron chi connectivity index (χ0n) is 24.8. The lowest BCUT2D eigenvalue weighted by molar-refractivity contribution is -0.385. The number of amides is 1. The normalized spacial score (nSPS) is 16.4. The monoisotopic (exact) mass is 562 g/mol. The van der Waals surface area contributed by atoms with Gasteiger partial charge in [0, 0.05) is 18.2 Å². The number of aryl methyl sites for hydroxylation is 1. The van der Waals surface area contributed by atoms with Gasteiger partial charge >= 0.3 is 0 Å². The first-order chi connectivity index (χ1) is 19.9. The van der Waals surface area contributed by atoms with Gasteiger partial charge < -0.3 is 10.0 Å². The van der Waals surface area contributed by atoms with E-state index in [9.17, 15) is 24.8 Å². The molecule has 0 spiro atoms. The summed E-state index contributed by atoms with van der Waals surface area (Å²) in [5, 5.41) is 23.1. The Hall–Kier alpha value is -3.48. The van der Waals surface area contributed by atoms with E-state index in [4.69, 9.17) is 0 Å². The van der Waals surface area contributed by atoms with Gasteiger partial charge in [0.15, 0.2) is 0 Å². The van der Waals surface area contributed by atoms with Crippen LogP contribution in [0.1, 0.15) is 120 Å². The van der Waals surface area contributed by atoms with Crippen LogP contribution in [0.15, 0.2) is 54.1 Å². The SMILES string of the molecule is CCCCCCCCCCCCCCCCN1C(=O)C(=O)/C(=C(/O)c2ccc(C)cc2)[C@@H]1c1ccccc1[N+](=O)[O-]. The number of nitrogens with zero attached hydrogens (tertiary/aromatic N) is 2. The molecule has 0 aromatic heterocycles. The minimum absolute atomic E-state index is 0.0986. The number of carbonyl (C=O) groups excluding carboxylic acids is 2. The molecule has 1 saturated heterocycles. The van der Waals surface area contributed by atoms with Crippen molar-refractivity contribution in [3.8, 4) is 0 Å². The van der Waals surface area contributed by atoms with Gasteiger partial charge in [-0.1, -0.05) is 132 Å². The number of aliphatic hydroxyl groups is 1. The molecule has 3 rings (SSSR count). The second-order valence-corrected chi connectivity index (χ2v) is 11.3. The van der Waals surface area contributed by atoms with Crippen LogP contribution < -0.4 is 0 Å². The summed E-state index contributed by atoms with van der Waals surface area (Å²) in [4.78, 5) is 39.2. The Morgan fingerprint density at radius 2 is 1.32 bits per heavy atom. The summed E-state index contributed by atoms with van der Waals surface area (Å²) in [6.45, 7) is 4.45. The summed E-state index contributed by atoms with van der Waals surface area (Å²) in [5.41, 5.74) is 1.33. The van der Waals surface area contributed by atoms with Gasteiger partial charge in [-0.25, -0.2) is 0 Å². The summed E-state index contributed by atoms with van der Waals surface area (Å²) in [5.74, 6) is -1.84. The second kappa shape index (κ2) is 16.7.